The van der Waals surface area contributed by atoms with Gasteiger partial charge in [-0.05, 0) is 117 Å². The molecule has 0 aliphatic heterocycles. The summed E-state index contributed by atoms with van der Waals surface area (Å²) in [7, 11) is -0.231. The van der Waals surface area contributed by atoms with Gasteiger partial charge in [-0.3, -0.25) is 9.59 Å². The zero-order valence-electron chi connectivity index (χ0n) is 36.6. The van der Waals surface area contributed by atoms with Gasteiger partial charge < -0.3 is 44.7 Å². The largest absolute Gasteiger partial charge is 0.481 e. The molecule has 4 N–H and O–H groups in total. The molecule has 0 aliphatic rings. The molecule has 14 heteroatoms. The van der Waals surface area contributed by atoms with E-state index in [2.05, 4.69) is 57.5 Å². The molecule has 56 heavy (non-hydrogen) atoms. The van der Waals surface area contributed by atoms with E-state index in [0.29, 0.717) is 25.3 Å². The zero-order valence-corrected chi connectivity index (χ0v) is 39.3. The van der Waals surface area contributed by atoms with Gasteiger partial charge in [0.2, 0.25) is 5.91 Å². The number of amides is 1. The Hall–Kier alpha value is -0.130. The number of carboxylic acid groups (broad SMARTS) is 1. The van der Waals surface area contributed by atoms with Crippen LogP contribution in [0, 0.1) is 0 Å². The van der Waals surface area contributed by atoms with Gasteiger partial charge in [0.1, 0.15) is 0 Å². The third-order valence-corrected chi connectivity index (χ3v) is 15.9. The molecule has 0 fully saturated rings. The first-order chi connectivity index (χ1) is 27.1. The molecule has 0 aromatic carbocycles. The lowest BCUT2D eigenvalue weighted by molar-refractivity contribution is -0.139. The summed E-state index contributed by atoms with van der Waals surface area (Å²) >= 11 is 4.08. The monoisotopic (exact) mass is 856 g/mol. The van der Waals surface area contributed by atoms with Crippen LogP contribution in [0.2, 0.25) is 0 Å². The number of ether oxygens (including phenoxy) is 5. The minimum absolute atomic E-state index is 0.0553. The van der Waals surface area contributed by atoms with Crippen LogP contribution in [0.25, 0.3) is 0 Å². The molecule has 0 saturated carbocycles. The van der Waals surface area contributed by atoms with E-state index in [0.717, 1.165) is 143 Å². The Bertz CT molecular complexity index is 891. The summed E-state index contributed by atoms with van der Waals surface area (Å²) in [4.78, 5) is 26.0. The van der Waals surface area contributed by atoms with E-state index in [1.807, 2.05) is 0 Å². The average Bonchev–Trinajstić information content (AvgIpc) is 3.19. The van der Waals surface area contributed by atoms with Crippen molar-refractivity contribution in [3.63, 3.8) is 0 Å². The number of unbranched alkanes of at least 4 members (excludes halogenated alkanes) is 5. The van der Waals surface area contributed by atoms with E-state index in [1.54, 1.807) is 0 Å². The summed E-state index contributed by atoms with van der Waals surface area (Å²) in [5, 5.41) is 12.3. The second kappa shape index (κ2) is 40.3. The maximum absolute atomic E-state index is 11.8. The van der Waals surface area contributed by atoms with E-state index >= 15 is 0 Å². The maximum atomic E-state index is 11.8. The summed E-state index contributed by atoms with van der Waals surface area (Å²) in [5.41, 5.74) is 5.28. The van der Waals surface area contributed by atoms with E-state index in [4.69, 9.17) is 29.4 Å². The average molecular weight is 856 g/mol. The SMILES string of the molecule is CCOCCCP(CCCOCC)CCN(CCOCC)CCP(CCCOCC)CCCOC(C)(CCCCCCCCNC(=O)C(N)CS)CCC(=O)O. The number of nitrogens with two attached hydrogens (primary N) is 1. The Morgan fingerprint density at radius 3 is 1.61 bits per heavy atom. The first-order valence-corrected chi connectivity index (χ1v) is 26.5. The van der Waals surface area contributed by atoms with Crippen LogP contribution in [0.15, 0.2) is 0 Å². The van der Waals surface area contributed by atoms with Crippen LogP contribution < -0.4 is 11.1 Å². The van der Waals surface area contributed by atoms with Crippen molar-refractivity contribution in [1.82, 2.24) is 10.2 Å². The van der Waals surface area contributed by atoms with Gasteiger partial charge in [-0.2, -0.15) is 12.6 Å². The van der Waals surface area contributed by atoms with Crippen molar-refractivity contribution >= 4 is 40.3 Å². The molecule has 0 rings (SSSR count). The fourth-order valence-corrected chi connectivity index (χ4v) is 11.5. The number of carbonyl (C=O) groups excluding carboxylic acids is 1. The summed E-state index contributed by atoms with van der Waals surface area (Å²) in [6.45, 7) is 21.3. The number of rotatable bonds is 44. The van der Waals surface area contributed by atoms with Crippen molar-refractivity contribution in [3.05, 3.63) is 0 Å². The Kier molecular flexibility index (Phi) is 40.2. The molecular formula is C42H87N3O8P2S. The first-order valence-electron chi connectivity index (χ1n) is 22.1. The number of thiol groups is 1. The number of carbonyl (C=O) groups is 2. The van der Waals surface area contributed by atoms with Crippen molar-refractivity contribution < 1.29 is 38.4 Å². The lowest BCUT2D eigenvalue weighted by Crippen LogP contribution is -2.42. The number of carboxylic acids is 1. The summed E-state index contributed by atoms with van der Waals surface area (Å²) in [6, 6.07) is -0.548. The van der Waals surface area contributed by atoms with Crippen molar-refractivity contribution in [2.45, 2.75) is 130 Å². The normalized spacial score (nSPS) is 14.0. The van der Waals surface area contributed by atoms with Crippen LogP contribution in [-0.2, 0) is 33.3 Å². The van der Waals surface area contributed by atoms with Crippen molar-refractivity contribution in [2.75, 3.05) is 128 Å². The number of nitrogens with zero attached hydrogens (tertiary/aromatic N) is 1. The molecule has 1 amide bonds. The number of nitrogens with one attached hydrogen (secondary N) is 1. The second-order valence-corrected chi connectivity index (χ2v) is 20.6. The van der Waals surface area contributed by atoms with Crippen LogP contribution in [0.4, 0.5) is 0 Å². The fraction of sp³-hybridized carbons (Fsp3) is 0.952. The smallest absolute Gasteiger partial charge is 0.303 e. The van der Waals surface area contributed by atoms with E-state index in [9.17, 15) is 14.7 Å². The molecule has 3 unspecified atom stereocenters. The Morgan fingerprint density at radius 2 is 1.12 bits per heavy atom. The van der Waals surface area contributed by atoms with E-state index in [-0.39, 0.29) is 28.2 Å². The molecule has 11 nitrogen and oxygen atoms in total. The predicted octanol–water partition coefficient (Wildman–Crippen LogP) is 7.70. The summed E-state index contributed by atoms with van der Waals surface area (Å²) in [6.07, 6.45) is 19.7. The first kappa shape index (κ1) is 55.9. The zero-order chi connectivity index (χ0) is 41.5. The predicted molar refractivity (Wildman–Crippen MR) is 242 cm³/mol. The molecular weight excluding hydrogens is 768 g/mol. The van der Waals surface area contributed by atoms with Gasteiger partial charge in [0, 0.05) is 91.2 Å². The van der Waals surface area contributed by atoms with Gasteiger partial charge in [-0.15, -0.1) is 15.8 Å². The summed E-state index contributed by atoms with van der Waals surface area (Å²) in [5.74, 6) is -0.554. The van der Waals surface area contributed by atoms with Crippen molar-refractivity contribution in [3.8, 4) is 0 Å². The highest BCUT2D eigenvalue weighted by Crippen LogP contribution is 2.39. The van der Waals surface area contributed by atoms with Gasteiger partial charge in [0.15, 0.2) is 0 Å². The molecule has 0 aliphatic carbocycles. The second-order valence-electron chi connectivity index (χ2n) is 14.9. The summed E-state index contributed by atoms with van der Waals surface area (Å²) < 4.78 is 29.4. The van der Waals surface area contributed by atoms with Crippen LogP contribution in [0.3, 0.4) is 0 Å². The van der Waals surface area contributed by atoms with Gasteiger partial charge >= 0.3 is 5.97 Å². The Balaban J connectivity index is 5.12. The molecule has 0 aromatic heterocycles. The van der Waals surface area contributed by atoms with E-state index in [1.165, 1.54) is 37.0 Å². The van der Waals surface area contributed by atoms with Crippen LogP contribution >= 0.6 is 28.5 Å². The molecule has 0 radical (unpaired) electrons. The van der Waals surface area contributed by atoms with Gasteiger partial charge in [-0.25, -0.2) is 0 Å². The molecule has 0 saturated heterocycles. The van der Waals surface area contributed by atoms with Crippen LogP contribution in [0.1, 0.15) is 118 Å². The fourth-order valence-electron chi connectivity index (χ4n) is 6.52. The van der Waals surface area contributed by atoms with Gasteiger partial charge in [0.25, 0.3) is 0 Å². The number of hydrogen-bond donors (Lipinski definition) is 4. The van der Waals surface area contributed by atoms with Crippen molar-refractivity contribution in [2.24, 2.45) is 5.73 Å². The van der Waals surface area contributed by atoms with Crippen LogP contribution in [-0.4, -0.2) is 162 Å². The lowest BCUT2D eigenvalue weighted by Gasteiger charge is -2.31. The molecule has 3 atom stereocenters. The molecule has 0 bridgehead atoms. The molecule has 0 heterocycles. The van der Waals surface area contributed by atoms with E-state index < -0.39 is 17.6 Å². The number of aliphatic carboxylic acids is 1. The van der Waals surface area contributed by atoms with Gasteiger partial charge in [0.05, 0.1) is 18.2 Å². The molecule has 334 valence electrons. The quantitative estimate of drug-likeness (QED) is 0.0274. The highest BCUT2D eigenvalue weighted by Gasteiger charge is 2.26. The highest BCUT2D eigenvalue weighted by atomic mass is 32.1. The number of hydrogen-bond acceptors (Lipinski definition) is 10. The minimum Gasteiger partial charge on any atom is -0.481 e. The molecule has 0 spiro atoms. The molecule has 0 aromatic rings. The lowest BCUT2D eigenvalue weighted by atomic mass is 9.92. The third kappa shape index (κ3) is 34.7. The van der Waals surface area contributed by atoms with Gasteiger partial charge in [-0.1, -0.05) is 32.1 Å². The maximum Gasteiger partial charge on any atom is 0.303 e. The minimum atomic E-state index is -0.766. The highest BCUT2D eigenvalue weighted by molar-refractivity contribution is 7.80. The third-order valence-electron chi connectivity index (χ3n) is 10.0. The van der Waals surface area contributed by atoms with Crippen molar-refractivity contribution in [1.29, 1.82) is 0 Å². The van der Waals surface area contributed by atoms with Crippen LogP contribution in [0.5, 0.6) is 0 Å². The Morgan fingerprint density at radius 1 is 0.661 bits per heavy atom. The Labute approximate surface area is 351 Å². The topological polar surface area (TPSA) is 142 Å². The standard InChI is InChI=1S/C42H87N3O8P2S/c1-6-49-27-16-32-54(33-17-28-50-7-2)36-25-45(24-31-52-9-4)26-37-55(34-18-29-51-8-3)35-19-30-53-42(5,22-20-40(46)47)21-14-12-10-11-13-15-23-44-41(48)39(43)38-56/h39,56H,6-38,43H2,1-5H3,(H,44,48)(H,46,47).